The van der Waals surface area contributed by atoms with Gasteiger partial charge in [-0.1, -0.05) is 18.2 Å². The standard InChI is InChI=1S/C20H23N3O2/c1-20(24)8-10-25-13-16(20)18-7-4-9-23(18)19-11-14(12-21)15-5-2-3-6-17(15)22-19/h2-3,5-6,11,16,18,24H,4,7-10,13H2,1H3. The smallest absolute Gasteiger partial charge is 0.130 e. The maximum absolute atomic E-state index is 10.9. The van der Waals surface area contributed by atoms with Crippen LogP contribution in [0.2, 0.25) is 0 Å². The molecule has 130 valence electrons. The number of benzene rings is 1. The molecule has 2 aromatic rings. The fraction of sp³-hybridized carbons (Fsp3) is 0.500. The van der Waals surface area contributed by atoms with Gasteiger partial charge in [0, 0.05) is 30.5 Å². The average molecular weight is 337 g/mol. The number of ether oxygens (including phenoxy) is 1. The van der Waals surface area contributed by atoms with Crippen molar-refractivity contribution in [3.63, 3.8) is 0 Å². The van der Waals surface area contributed by atoms with Gasteiger partial charge < -0.3 is 14.7 Å². The van der Waals surface area contributed by atoms with Crippen LogP contribution in [0.1, 0.15) is 31.7 Å². The number of rotatable bonds is 2. The van der Waals surface area contributed by atoms with E-state index in [1.165, 1.54) is 0 Å². The Hall–Kier alpha value is -2.16. The largest absolute Gasteiger partial charge is 0.390 e. The quantitative estimate of drug-likeness (QED) is 0.912. The van der Waals surface area contributed by atoms with E-state index in [4.69, 9.17) is 9.72 Å². The molecule has 0 aliphatic carbocycles. The Kier molecular flexibility index (Phi) is 4.10. The molecule has 2 aliphatic heterocycles. The lowest BCUT2D eigenvalue weighted by Gasteiger charge is -2.43. The van der Waals surface area contributed by atoms with Crippen LogP contribution < -0.4 is 4.90 Å². The summed E-state index contributed by atoms with van der Waals surface area (Å²) < 4.78 is 5.67. The fourth-order valence-electron chi connectivity index (χ4n) is 4.28. The van der Waals surface area contributed by atoms with Crippen molar-refractivity contribution in [1.82, 2.24) is 4.98 Å². The number of nitriles is 1. The highest BCUT2D eigenvalue weighted by atomic mass is 16.5. The van der Waals surface area contributed by atoms with E-state index in [1.807, 2.05) is 37.3 Å². The summed E-state index contributed by atoms with van der Waals surface area (Å²) in [7, 11) is 0. The number of aromatic nitrogens is 1. The van der Waals surface area contributed by atoms with Crippen LogP contribution in [0, 0.1) is 17.2 Å². The number of pyridine rings is 1. The molecule has 2 aliphatic rings. The van der Waals surface area contributed by atoms with Gasteiger partial charge in [-0.15, -0.1) is 0 Å². The highest BCUT2D eigenvalue weighted by molar-refractivity contribution is 5.86. The molecule has 0 radical (unpaired) electrons. The second kappa shape index (κ2) is 6.29. The van der Waals surface area contributed by atoms with E-state index >= 15 is 0 Å². The summed E-state index contributed by atoms with van der Waals surface area (Å²) in [6.07, 6.45) is 2.74. The van der Waals surface area contributed by atoms with Crippen LogP contribution in [0.3, 0.4) is 0 Å². The summed E-state index contributed by atoms with van der Waals surface area (Å²) in [4.78, 5) is 7.08. The molecule has 0 saturated carbocycles. The molecule has 3 unspecified atom stereocenters. The molecule has 3 heterocycles. The Morgan fingerprint density at radius 1 is 1.40 bits per heavy atom. The van der Waals surface area contributed by atoms with Gasteiger partial charge in [-0.25, -0.2) is 4.98 Å². The van der Waals surface area contributed by atoms with E-state index < -0.39 is 5.60 Å². The Morgan fingerprint density at radius 2 is 2.24 bits per heavy atom. The first-order valence-corrected chi connectivity index (χ1v) is 8.97. The van der Waals surface area contributed by atoms with E-state index in [9.17, 15) is 10.4 Å². The predicted molar refractivity (Wildman–Crippen MR) is 96.4 cm³/mol. The van der Waals surface area contributed by atoms with Crippen LogP contribution in [0.5, 0.6) is 0 Å². The predicted octanol–water partition coefficient (Wildman–Crippen LogP) is 2.86. The van der Waals surface area contributed by atoms with Gasteiger partial charge >= 0.3 is 0 Å². The minimum atomic E-state index is -0.722. The number of nitrogens with zero attached hydrogens (tertiary/aromatic N) is 3. The van der Waals surface area contributed by atoms with Crippen LogP contribution in [-0.4, -0.2) is 41.5 Å². The molecule has 0 amide bonds. The highest BCUT2D eigenvalue weighted by Crippen LogP contribution is 2.38. The Bertz CT molecular complexity index is 827. The van der Waals surface area contributed by atoms with Crippen molar-refractivity contribution in [1.29, 1.82) is 5.26 Å². The Morgan fingerprint density at radius 3 is 3.04 bits per heavy atom. The zero-order valence-corrected chi connectivity index (χ0v) is 14.5. The minimum Gasteiger partial charge on any atom is -0.390 e. The molecule has 0 bridgehead atoms. The van der Waals surface area contributed by atoms with Gasteiger partial charge in [-0.3, -0.25) is 0 Å². The number of anilines is 1. The number of hydrogen-bond acceptors (Lipinski definition) is 5. The summed E-state index contributed by atoms with van der Waals surface area (Å²) >= 11 is 0. The molecule has 1 N–H and O–H groups in total. The Labute approximate surface area is 147 Å². The fourth-order valence-corrected chi connectivity index (χ4v) is 4.28. The number of para-hydroxylation sites is 1. The van der Waals surface area contributed by atoms with Crippen molar-refractivity contribution >= 4 is 16.7 Å². The van der Waals surface area contributed by atoms with E-state index in [-0.39, 0.29) is 12.0 Å². The molecular formula is C20H23N3O2. The first-order chi connectivity index (χ1) is 12.1. The van der Waals surface area contributed by atoms with Crippen LogP contribution in [0.4, 0.5) is 5.82 Å². The van der Waals surface area contributed by atoms with Crippen LogP contribution in [-0.2, 0) is 4.74 Å². The van der Waals surface area contributed by atoms with E-state index in [0.29, 0.717) is 25.2 Å². The van der Waals surface area contributed by atoms with Gasteiger partial charge in [0.25, 0.3) is 0 Å². The Balaban J connectivity index is 1.73. The third-order valence-corrected chi connectivity index (χ3v) is 5.73. The van der Waals surface area contributed by atoms with E-state index in [2.05, 4.69) is 11.0 Å². The van der Waals surface area contributed by atoms with Gasteiger partial charge in [-0.2, -0.15) is 5.26 Å². The number of aliphatic hydroxyl groups is 1. The molecule has 5 heteroatoms. The van der Waals surface area contributed by atoms with Crippen molar-refractivity contribution in [2.45, 2.75) is 37.8 Å². The van der Waals surface area contributed by atoms with Crippen LogP contribution in [0.15, 0.2) is 30.3 Å². The molecular weight excluding hydrogens is 314 g/mol. The highest BCUT2D eigenvalue weighted by Gasteiger charge is 2.44. The van der Waals surface area contributed by atoms with Gasteiger partial charge in [0.15, 0.2) is 0 Å². The SMILES string of the molecule is CC1(O)CCOCC1C1CCCN1c1cc(C#N)c2ccccc2n1. The van der Waals surface area contributed by atoms with Crippen molar-refractivity contribution in [3.05, 3.63) is 35.9 Å². The third kappa shape index (κ3) is 2.86. The van der Waals surface area contributed by atoms with E-state index in [1.54, 1.807) is 0 Å². The van der Waals surface area contributed by atoms with Crippen molar-refractivity contribution in [3.8, 4) is 6.07 Å². The zero-order chi connectivity index (χ0) is 17.4. The van der Waals surface area contributed by atoms with Crippen molar-refractivity contribution in [2.24, 2.45) is 5.92 Å². The maximum Gasteiger partial charge on any atom is 0.130 e. The molecule has 25 heavy (non-hydrogen) atoms. The van der Waals surface area contributed by atoms with Gasteiger partial charge in [0.2, 0.25) is 0 Å². The molecule has 2 fully saturated rings. The first kappa shape index (κ1) is 16.3. The molecule has 5 nitrogen and oxygen atoms in total. The van der Waals surface area contributed by atoms with Gasteiger partial charge in [0.1, 0.15) is 5.82 Å². The van der Waals surface area contributed by atoms with Crippen molar-refractivity contribution < 1.29 is 9.84 Å². The molecule has 4 rings (SSSR count). The van der Waals surface area contributed by atoms with Crippen LogP contribution in [0.25, 0.3) is 10.9 Å². The molecule has 2 saturated heterocycles. The summed E-state index contributed by atoms with van der Waals surface area (Å²) in [6, 6.07) is 12.1. The minimum absolute atomic E-state index is 0.0579. The average Bonchev–Trinajstić information content (AvgIpc) is 3.09. The normalized spacial score (nSPS) is 29.7. The second-order valence-corrected chi connectivity index (χ2v) is 7.35. The molecule has 1 aromatic heterocycles. The topological polar surface area (TPSA) is 69.4 Å². The molecule has 0 spiro atoms. The lowest BCUT2D eigenvalue weighted by Crippen LogP contribution is -2.52. The second-order valence-electron chi connectivity index (χ2n) is 7.35. The summed E-state index contributed by atoms with van der Waals surface area (Å²) in [5.74, 6) is 0.890. The maximum atomic E-state index is 10.9. The number of hydrogen-bond donors (Lipinski definition) is 1. The van der Waals surface area contributed by atoms with Gasteiger partial charge in [0.05, 0.1) is 29.4 Å². The summed E-state index contributed by atoms with van der Waals surface area (Å²) in [5.41, 5.74) is 0.771. The third-order valence-electron chi connectivity index (χ3n) is 5.73. The lowest BCUT2D eigenvalue weighted by molar-refractivity contribution is -0.108. The monoisotopic (exact) mass is 337 g/mol. The molecule has 1 aromatic carbocycles. The first-order valence-electron chi connectivity index (χ1n) is 8.97. The zero-order valence-electron chi connectivity index (χ0n) is 14.5. The van der Waals surface area contributed by atoms with Crippen LogP contribution >= 0.6 is 0 Å². The number of fused-ring (bicyclic) bond motifs is 1. The summed E-state index contributed by atoms with van der Waals surface area (Å²) in [5, 5.41) is 21.3. The molecule has 3 atom stereocenters. The van der Waals surface area contributed by atoms with Crippen molar-refractivity contribution in [2.75, 3.05) is 24.7 Å². The van der Waals surface area contributed by atoms with Gasteiger partial charge in [-0.05, 0) is 38.3 Å². The van der Waals surface area contributed by atoms with E-state index in [0.717, 1.165) is 36.1 Å². The summed E-state index contributed by atoms with van der Waals surface area (Å²) in [6.45, 7) is 4.01. The lowest BCUT2D eigenvalue weighted by atomic mass is 9.79.